The summed E-state index contributed by atoms with van der Waals surface area (Å²) >= 11 is 6.06. The van der Waals surface area contributed by atoms with Crippen LogP contribution in [-0.2, 0) is 16.1 Å². The Morgan fingerprint density at radius 2 is 1.86 bits per heavy atom. The molecule has 0 bridgehead atoms. The second kappa shape index (κ2) is 12.9. The third-order valence-electron chi connectivity index (χ3n) is 6.70. The number of ether oxygens (including phenoxy) is 4. The Bertz CT molecular complexity index is 1090. The Morgan fingerprint density at radius 3 is 2.59 bits per heavy atom. The molecule has 4 rings (SSSR count). The highest BCUT2D eigenvalue weighted by Crippen LogP contribution is 2.36. The fraction of sp³-hybridized carbons (Fsp3) is 0.500. The minimum Gasteiger partial charge on any atom is -0.493 e. The summed E-state index contributed by atoms with van der Waals surface area (Å²) in [6.45, 7) is 2.89. The minimum atomic E-state index is -0.910. The molecule has 1 N–H and O–H groups in total. The average Bonchev–Trinajstić information content (AvgIpc) is 3.40. The quantitative estimate of drug-likeness (QED) is 0.413. The number of amides is 2. The molecule has 37 heavy (non-hydrogen) atoms. The zero-order chi connectivity index (χ0) is 26.2. The first-order chi connectivity index (χ1) is 18.0. The monoisotopic (exact) mass is 530 g/mol. The highest BCUT2D eigenvalue weighted by molar-refractivity contribution is 6.27. The van der Waals surface area contributed by atoms with E-state index in [4.69, 9.17) is 30.5 Å². The SMILES string of the molecule is CCCOc1ccc(C(C(=O)NC2CCCCC2)N(Cc2ccc3c(c2)OCO3)C(=O)CCl)cc1OC. The van der Waals surface area contributed by atoms with Crippen LogP contribution in [-0.4, -0.2) is 49.1 Å². The van der Waals surface area contributed by atoms with Crippen LogP contribution in [0, 0.1) is 0 Å². The standard InChI is InChI=1S/C28H35ClN2O6/c1-3-13-35-22-12-10-20(15-24(22)34-2)27(28(33)30-21-7-5-4-6-8-21)31(26(32)16-29)17-19-9-11-23-25(14-19)37-18-36-23/h9-12,14-15,21,27H,3-8,13,16-18H2,1-2H3,(H,30,33). The van der Waals surface area contributed by atoms with Gasteiger partial charge >= 0.3 is 0 Å². The fourth-order valence-corrected chi connectivity index (χ4v) is 4.98. The van der Waals surface area contributed by atoms with Gasteiger partial charge in [0.25, 0.3) is 0 Å². The van der Waals surface area contributed by atoms with Gasteiger partial charge in [-0.1, -0.05) is 38.3 Å². The lowest BCUT2D eigenvalue weighted by molar-refractivity contribution is -0.140. The van der Waals surface area contributed by atoms with Crippen molar-refractivity contribution >= 4 is 23.4 Å². The maximum Gasteiger partial charge on any atom is 0.247 e. The van der Waals surface area contributed by atoms with Gasteiger partial charge in [0.2, 0.25) is 18.6 Å². The normalized spacial score (nSPS) is 15.6. The molecule has 1 atom stereocenters. The molecule has 0 aromatic heterocycles. The number of carbonyl (C=O) groups excluding carboxylic acids is 2. The first-order valence-corrected chi connectivity index (χ1v) is 13.4. The van der Waals surface area contributed by atoms with Crippen molar-refractivity contribution in [3.63, 3.8) is 0 Å². The topological polar surface area (TPSA) is 86.3 Å². The van der Waals surface area contributed by atoms with Gasteiger partial charge in [-0.3, -0.25) is 9.59 Å². The summed E-state index contributed by atoms with van der Waals surface area (Å²) < 4.78 is 22.3. The Kier molecular flexibility index (Phi) is 9.39. The summed E-state index contributed by atoms with van der Waals surface area (Å²) in [5, 5.41) is 3.20. The summed E-state index contributed by atoms with van der Waals surface area (Å²) in [4.78, 5) is 28.6. The summed E-state index contributed by atoms with van der Waals surface area (Å²) in [6, 6.07) is 10.0. The van der Waals surface area contributed by atoms with E-state index in [0.717, 1.165) is 37.7 Å². The van der Waals surface area contributed by atoms with Gasteiger partial charge in [0.1, 0.15) is 11.9 Å². The first-order valence-electron chi connectivity index (χ1n) is 12.9. The van der Waals surface area contributed by atoms with Gasteiger partial charge in [-0.05, 0) is 54.7 Å². The lowest BCUT2D eigenvalue weighted by Gasteiger charge is -2.33. The summed E-state index contributed by atoms with van der Waals surface area (Å²) in [7, 11) is 1.56. The number of rotatable bonds is 11. The third kappa shape index (κ3) is 6.60. The number of methoxy groups -OCH3 is 1. The van der Waals surface area contributed by atoms with E-state index in [0.29, 0.717) is 35.2 Å². The van der Waals surface area contributed by atoms with E-state index in [1.165, 1.54) is 11.3 Å². The van der Waals surface area contributed by atoms with Crippen LogP contribution >= 0.6 is 11.6 Å². The van der Waals surface area contributed by atoms with Crippen molar-refractivity contribution in [2.75, 3.05) is 26.4 Å². The van der Waals surface area contributed by atoms with Gasteiger partial charge < -0.3 is 29.2 Å². The number of hydrogen-bond donors (Lipinski definition) is 1. The van der Waals surface area contributed by atoms with E-state index in [2.05, 4.69) is 5.32 Å². The molecule has 1 fully saturated rings. The Balaban J connectivity index is 1.69. The van der Waals surface area contributed by atoms with E-state index in [9.17, 15) is 9.59 Å². The molecule has 2 aromatic rings. The highest BCUT2D eigenvalue weighted by atomic mass is 35.5. The number of benzene rings is 2. The molecule has 1 heterocycles. The van der Waals surface area contributed by atoms with E-state index in [-0.39, 0.29) is 37.1 Å². The molecule has 1 aliphatic heterocycles. The highest BCUT2D eigenvalue weighted by Gasteiger charge is 2.33. The van der Waals surface area contributed by atoms with Crippen LogP contribution in [0.1, 0.15) is 62.6 Å². The molecule has 8 nitrogen and oxygen atoms in total. The molecule has 2 aromatic carbocycles. The number of halogens is 1. The lowest BCUT2D eigenvalue weighted by Crippen LogP contribution is -2.47. The predicted octanol–water partition coefficient (Wildman–Crippen LogP) is 4.97. The smallest absolute Gasteiger partial charge is 0.247 e. The lowest BCUT2D eigenvalue weighted by atomic mass is 9.94. The molecule has 2 amide bonds. The van der Waals surface area contributed by atoms with E-state index in [1.807, 2.05) is 25.1 Å². The van der Waals surface area contributed by atoms with E-state index in [1.54, 1.807) is 25.3 Å². The van der Waals surface area contributed by atoms with Crippen LogP contribution in [0.15, 0.2) is 36.4 Å². The van der Waals surface area contributed by atoms with Crippen LogP contribution < -0.4 is 24.3 Å². The maximum absolute atomic E-state index is 13.8. The second-order valence-electron chi connectivity index (χ2n) is 9.35. The van der Waals surface area contributed by atoms with Gasteiger partial charge in [-0.15, -0.1) is 11.6 Å². The molecule has 9 heteroatoms. The van der Waals surface area contributed by atoms with Gasteiger partial charge in [0.05, 0.1) is 13.7 Å². The van der Waals surface area contributed by atoms with Crippen molar-refractivity contribution in [1.29, 1.82) is 0 Å². The second-order valence-corrected chi connectivity index (χ2v) is 9.61. The Labute approximate surface area is 223 Å². The van der Waals surface area contributed by atoms with Gasteiger partial charge in [0, 0.05) is 12.6 Å². The zero-order valence-corrected chi connectivity index (χ0v) is 22.2. The Hall–Kier alpha value is -3.13. The molecule has 1 unspecified atom stereocenters. The van der Waals surface area contributed by atoms with Crippen molar-refractivity contribution in [3.05, 3.63) is 47.5 Å². The average molecular weight is 531 g/mol. The van der Waals surface area contributed by atoms with Crippen LogP contribution in [0.2, 0.25) is 0 Å². The predicted molar refractivity (Wildman–Crippen MR) is 140 cm³/mol. The van der Waals surface area contributed by atoms with Gasteiger partial charge in [-0.2, -0.15) is 0 Å². The van der Waals surface area contributed by atoms with Crippen molar-refractivity contribution in [1.82, 2.24) is 10.2 Å². The number of alkyl halides is 1. The maximum atomic E-state index is 13.8. The minimum absolute atomic E-state index is 0.0799. The summed E-state index contributed by atoms with van der Waals surface area (Å²) in [6.07, 6.45) is 6.04. The van der Waals surface area contributed by atoms with Crippen LogP contribution in [0.25, 0.3) is 0 Å². The van der Waals surface area contributed by atoms with Crippen LogP contribution in [0.5, 0.6) is 23.0 Å². The van der Waals surface area contributed by atoms with Crippen molar-refractivity contribution in [3.8, 4) is 23.0 Å². The number of fused-ring (bicyclic) bond motifs is 1. The third-order valence-corrected chi connectivity index (χ3v) is 6.93. The fourth-order valence-electron chi connectivity index (χ4n) is 4.82. The largest absolute Gasteiger partial charge is 0.493 e. The number of nitrogens with one attached hydrogen (secondary N) is 1. The molecule has 0 saturated heterocycles. The first kappa shape index (κ1) is 26.9. The molecule has 2 aliphatic rings. The van der Waals surface area contributed by atoms with Crippen molar-refractivity contribution in [2.45, 2.75) is 64.1 Å². The number of hydrogen-bond acceptors (Lipinski definition) is 6. The molecule has 0 spiro atoms. The van der Waals surface area contributed by atoms with Gasteiger partial charge in [0.15, 0.2) is 23.0 Å². The van der Waals surface area contributed by atoms with E-state index < -0.39 is 6.04 Å². The number of nitrogens with zero attached hydrogens (tertiary/aromatic N) is 1. The molecular weight excluding hydrogens is 496 g/mol. The zero-order valence-electron chi connectivity index (χ0n) is 21.5. The van der Waals surface area contributed by atoms with E-state index >= 15 is 0 Å². The number of carbonyl (C=O) groups is 2. The molecule has 1 aliphatic carbocycles. The van der Waals surface area contributed by atoms with Crippen molar-refractivity contribution < 1.29 is 28.5 Å². The summed E-state index contributed by atoms with van der Waals surface area (Å²) in [5.74, 6) is 1.50. The van der Waals surface area contributed by atoms with Crippen LogP contribution in [0.4, 0.5) is 0 Å². The van der Waals surface area contributed by atoms with Crippen molar-refractivity contribution in [2.24, 2.45) is 0 Å². The Morgan fingerprint density at radius 1 is 1.08 bits per heavy atom. The molecule has 0 radical (unpaired) electrons. The van der Waals surface area contributed by atoms with Gasteiger partial charge in [-0.25, -0.2) is 0 Å². The van der Waals surface area contributed by atoms with Crippen LogP contribution in [0.3, 0.4) is 0 Å². The summed E-state index contributed by atoms with van der Waals surface area (Å²) in [5.41, 5.74) is 1.42. The molecule has 1 saturated carbocycles. The molecule has 200 valence electrons. The molecular formula is C28H35ClN2O6.